The van der Waals surface area contributed by atoms with E-state index in [0.717, 1.165) is 0 Å². The van der Waals surface area contributed by atoms with E-state index in [0.29, 0.717) is 5.92 Å². The molecule has 0 spiro atoms. The third kappa shape index (κ3) is 6.76. The lowest BCUT2D eigenvalue weighted by atomic mass is 10.1. The highest BCUT2D eigenvalue weighted by atomic mass is 16.4. The second-order valence-electron chi connectivity index (χ2n) is 4.15. The van der Waals surface area contributed by atoms with Crippen LogP contribution in [0.2, 0.25) is 0 Å². The first-order valence-corrected chi connectivity index (χ1v) is 5.11. The Hall–Kier alpha value is -1.26. The predicted octanol–water partition coefficient (Wildman–Crippen LogP) is 1.19. The summed E-state index contributed by atoms with van der Waals surface area (Å²) in [4.78, 5) is 21.7. The zero-order valence-corrected chi connectivity index (χ0v) is 9.70. The summed E-state index contributed by atoms with van der Waals surface area (Å²) in [5.74, 6) is -0.565. The molecule has 0 aromatic rings. The first-order chi connectivity index (χ1) is 6.82. The molecule has 0 bridgehead atoms. The van der Waals surface area contributed by atoms with Crippen LogP contribution in [0.3, 0.4) is 0 Å². The summed E-state index contributed by atoms with van der Waals surface area (Å²) in [7, 11) is 0. The quantitative estimate of drug-likeness (QED) is 0.646. The lowest BCUT2D eigenvalue weighted by Gasteiger charge is -2.19. The first-order valence-electron chi connectivity index (χ1n) is 5.11. The standard InChI is InChI=1S/C10H20N2O3/c1-6(2)8(4)12-10(15)11-7(3)5-9(13)14/h6-8H,5H2,1-4H3,(H,13,14)(H2,11,12,15). The summed E-state index contributed by atoms with van der Waals surface area (Å²) in [6.45, 7) is 7.58. The van der Waals surface area contributed by atoms with Crippen LogP contribution in [0.4, 0.5) is 4.79 Å². The number of carbonyl (C=O) groups excluding carboxylic acids is 1. The Morgan fingerprint density at radius 3 is 2.07 bits per heavy atom. The lowest BCUT2D eigenvalue weighted by Crippen LogP contribution is -2.46. The number of urea groups is 1. The van der Waals surface area contributed by atoms with Gasteiger partial charge < -0.3 is 15.7 Å². The molecule has 2 amide bonds. The van der Waals surface area contributed by atoms with E-state index in [1.807, 2.05) is 20.8 Å². The number of carbonyl (C=O) groups is 2. The van der Waals surface area contributed by atoms with Crippen LogP contribution >= 0.6 is 0 Å². The van der Waals surface area contributed by atoms with Gasteiger partial charge in [-0.1, -0.05) is 13.8 Å². The fourth-order valence-corrected chi connectivity index (χ4v) is 0.952. The van der Waals surface area contributed by atoms with Gasteiger partial charge in [0.25, 0.3) is 0 Å². The van der Waals surface area contributed by atoms with E-state index in [-0.39, 0.29) is 24.5 Å². The number of nitrogens with one attached hydrogen (secondary N) is 2. The Balaban J connectivity index is 3.88. The Kier molecular flexibility index (Phi) is 5.74. The van der Waals surface area contributed by atoms with Crippen molar-refractivity contribution in [1.29, 1.82) is 0 Å². The van der Waals surface area contributed by atoms with Gasteiger partial charge in [-0.2, -0.15) is 0 Å². The maximum Gasteiger partial charge on any atom is 0.315 e. The third-order valence-corrected chi connectivity index (χ3v) is 2.22. The number of rotatable bonds is 5. The van der Waals surface area contributed by atoms with Gasteiger partial charge in [-0.3, -0.25) is 4.79 Å². The molecule has 2 atom stereocenters. The maximum absolute atomic E-state index is 11.3. The molecule has 3 N–H and O–H groups in total. The van der Waals surface area contributed by atoms with Gasteiger partial charge in [-0.25, -0.2) is 4.79 Å². The Morgan fingerprint density at radius 1 is 1.13 bits per heavy atom. The molecule has 0 aromatic heterocycles. The Morgan fingerprint density at radius 2 is 1.67 bits per heavy atom. The van der Waals surface area contributed by atoms with Crippen LogP contribution in [-0.2, 0) is 4.79 Å². The van der Waals surface area contributed by atoms with E-state index in [1.54, 1.807) is 6.92 Å². The molecule has 0 fully saturated rings. The summed E-state index contributed by atoms with van der Waals surface area (Å²) in [6.07, 6.45) is -0.0660. The first kappa shape index (κ1) is 13.7. The molecule has 0 aliphatic heterocycles. The van der Waals surface area contributed by atoms with Gasteiger partial charge in [-0.05, 0) is 19.8 Å². The molecule has 0 saturated carbocycles. The zero-order chi connectivity index (χ0) is 12.0. The van der Waals surface area contributed by atoms with Crippen molar-refractivity contribution in [2.75, 3.05) is 0 Å². The lowest BCUT2D eigenvalue weighted by molar-refractivity contribution is -0.137. The van der Waals surface area contributed by atoms with Crippen molar-refractivity contribution in [2.45, 2.75) is 46.2 Å². The van der Waals surface area contributed by atoms with Gasteiger partial charge in [0, 0.05) is 12.1 Å². The van der Waals surface area contributed by atoms with Crippen molar-refractivity contribution in [2.24, 2.45) is 5.92 Å². The van der Waals surface area contributed by atoms with Gasteiger partial charge in [0.15, 0.2) is 0 Å². The summed E-state index contributed by atoms with van der Waals surface area (Å²) in [6, 6.07) is -0.603. The van der Waals surface area contributed by atoms with Gasteiger partial charge in [0.1, 0.15) is 0 Å². The van der Waals surface area contributed by atoms with E-state index in [9.17, 15) is 9.59 Å². The van der Waals surface area contributed by atoms with Crippen molar-refractivity contribution in [1.82, 2.24) is 10.6 Å². The molecule has 0 aromatic carbocycles. The normalized spacial score (nSPS) is 14.5. The van der Waals surface area contributed by atoms with Crippen LogP contribution in [0.1, 0.15) is 34.1 Å². The van der Waals surface area contributed by atoms with E-state index in [4.69, 9.17) is 5.11 Å². The minimum Gasteiger partial charge on any atom is -0.481 e. The highest BCUT2D eigenvalue weighted by Crippen LogP contribution is 1.99. The summed E-state index contributed by atoms with van der Waals surface area (Å²) >= 11 is 0. The molecule has 5 heteroatoms. The molecule has 0 aliphatic carbocycles. The number of hydrogen-bond acceptors (Lipinski definition) is 2. The van der Waals surface area contributed by atoms with Gasteiger partial charge >= 0.3 is 12.0 Å². The number of amides is 2. The number of aliphatic carboxylic acids is 1. The fourth-order valence-electron chi connectivity index (χ4n) is 0.952. The minimum atomic E-state index is -0.917. The minimum absolute atomic E-state index is 0.0660. The van der Waals surface area contributed by atoms with E-state index in [1.165, 1.54) is 0 Å². The average Bonchev–Trinajstić information content (AvgIpc) is 2.00. The van der Waals surface area contributed by atoms with Crippen molar-refractivity contribution < 1.29 is 14.7 Å². The van der Waals surface area contributed by atoms with Crippen LogP contribution in [0.15, 0.2) is 0 Å². The van der Waals surface area contributed by atoms with Gasteiger partial charge in [0.2, 0.25) is 0 Å². The molecule has 0 saturated heterocycles. The fraction of sp³-hybridized carbons (Fsp3) is 0.800. The van der Waals surface area contributed by atoms with E-state index in [2.05, 4.69) is 10.6 Å². The highest BCUT2D eigenvalue weighted by molar-refractivity contribution is 5.75. The summed E-state index contributed by atoms with van der Waals surface area (Å²) < 4.78 is 0. The molecule has 0 radical (unpaired) electrons. The van der Waals surface area contributed by atoms with Crippen molar-refractivity contribution >= 4 is 12.0 Å². The van der Waals surface area contributed by atoms with Crippen LogP contribution < -0.4 is 10.6 Å². The molecule has 2 unspecified atom stereocenters. The Bertz CT molecular complexity index is 229. The molecular weight excluding hydrogens is 196 g/mol. The topological polar surface area (TPSA) is 78.4 Å². The predicted molar refractivity (Wildman–Crippen MR) is 57.7 cm³/mol. The van der Waals surface area contributed by atoms with Gasteiger partial charge in [0.05, 0.1) is 6.42 Å². The maximum atomic E-state index is 11.3. The molecular formula is C10H20N2O3. The van der Waals surface area contributed by atoms with Crippen LogP contribution in [0.5, 0.6) is 0 Å². The summed E-state index contributed by atoms with van der Waals surface area (Å²) in [5.41, 5.74) is 0. The average molecular weight is 216 g/mol. The van der Waals surface area contributed by atoms with Crippen LogP contribution in [-0.4, -0.2) is 29.2 Å². The molecule has 0 heterocycles. The number of carboxylic acids is 1. The molecule has 15 heavy (non-hydrogen) atoms. The highest BCUT2D eigenvalue weighted by Gasteiger charge is 2.14. The number of carboxylic acid groups (broad SMARTS) is 1. The smallest absolute Gasteiger partial charge is 0.315 e. The van der Waals surface area contributed by atoms with Crippen molar-refractivity contribution in [3.05, 3.63) is 0 Å². The zero-order valence-electron chi connectivity index (χ0n) is 9.70. The molecule has 88 valence electrons. The molecule has 0 aliphatic rings. The second kappa shape index (κ2) is 6.27. The SMILES string of the molecule is CC(CC(=O)O)NC(=O)NC(C)C(C)C. The molecule has 5 nitrogen and oxygen atoms in total. The second-order valence-corrected chi connectivity index (χ2v) is 4.15. The largest absolute Gasteiger partial charge is 0.481 e. The monoisotopic (exact) mass is 216 g/mol. The molecule has 0 rings (SSSR count). The van der Waals surface area contributed by atoms with Crippen molar-refractivity contribution in [3.8, 4) is 0 Å². The number of hydrogen-bond donors (Lipinski definition) is 3. The van der Waals surface area contributed by atoms with Crippen LogP contribution in [0, 0.1) is 5.92 Å². The van der Waals surface area contributed by atoms with Crippen LogP contribution in [0.25, 0.3) is 0 Å². The van der Waals surface area contributed by atoms with Gasteiger partial charge in [-0.15, -0.1) is 0 Å². The van der Waals surface area contributed by atoms with E-state index >= 15 is 0 Å². The van der Waals surface area contributed by atoms with Crippen molar-refractivity contribution in [3.63, 3.8) is 0 Å². The third-order valence-electron chi connectivity index (χ3n) is 2.22. The summed E-state index contributed by atoms with van der Waals surface area (Å²) in [5, 5.41) is 13.8. The van der Waals surface area contributed by atoms with E-state index < -0.39 is 5.97 Å². The Labute approximate surface area is 90.2 Å².